The highest BCUT2D eigenvalue weighted by molar-refractivity contribution is 7.88. The van der Waals surface area contributed by atoms with E-state index >= 15 is 0 Å². The number of benzene rings is 1. The Balaban J connectivity index is 1.74. The Kier molecular flexibility index (Phi) is 4.91. The van der Waals surface area contributed by atoms with Gasteiger partial charge in [0, 0.05) is 12.6 Å². The fourth-order valence-electron chi connectivity index (χ4n) is 3.07. The second kappa shape index (κ2) is 6.97. The summed E-state index contributed by atoms with van der Waals surface area (Å²) < 4.78 is 31.8. The lowest BCUT2D eigenvalue weighted by Gasteiger charge is -2.23. The van der Waals surface area contributed by atoms with Gasteiger partial charge in [-0.1, -0.05) is 35.0 Å². The van der Waals surface area contributed by atoms with Crippen molar-refractivity contribution in [3.63, 3.8) is 0 Å². The first-order valence-corrected chi connectivity index (χ1v) is 9.75. The van der Waals surface area contributed by atoms with Crippen molar-refractivity contribution in [2.45, 2.75) is 38.5 Å². The zero-order chi connectivity index (χ0) is 18.0. The number of hydrogen-bond donors (Lipinski definition) is 1. The lowest BCUT2D eigenvalue weighted by atomic mass is 10.2. The molecular formula is C17H21N3O4S. The van der Waals surface area contributed by atoms with Gasteiger partial charge in [0.2, 0.25) is 15.9 Å². The van der Waals surface area contributed by atoms with Gasteiger partial charge in [0.15, 0.2) is 5.82 Å². The Morgan fingerprint density at radius 3 is 2.84 bits per heavy atom. The molecule has 1 saturated heterocycles. The minimum atomic E-state index is -3.58. The van der Waals surface area contributed by atoms with Gasteiger partial charge in [-0.25, -0.2) is 8.42 Å². The molecule has 1 atom stereocenters. The second-order valence-electron chi connectivity index (χ2n) is 6.33. The van der Waals surface area contributed by atoms with Crippen LogP contribution in [0.4, 0.5) is 5.82 Å². The standard InChI is InChI=1S/C17H21N3O4S/c1-12-5-3-6-14(9-12)11-25(22,23)20-8-4-7-15(20)17(21)18-16-10-13(2)24-19-16/h3,5-6,9-10,15H,4,7-8,11H2,1-2H3,(H,18,19,21)/t15-/m0/s1. The highest BCUT2D eigenvalue weighted by Gasteiger charge is 2.38. The summed E-state index contributed by atoms with van der Waals surface area (Å²) in [5.74, 6) is 0.385. The zero-order valence-corrected chi connectivity index (χ0v) is 15.0. The predicted molar refractivity (Wildman–Crippen MR) is 93.4 cm³/mol. The number of hydrogen-bond acceptors (Lipinski definition) is 5. The lowest BCUT2D eigenvalue weighted by molar-refractivity contribution is -0.119. The van der Waals surface area contributed by atoms with E-state index in [1.165, 1.54) is 4.31 Å². The molecule has 0 aliphatic carbocycles. The molecule has 1 fully saturated rings. The third-order valence-corrected chi connectivity index (χ3v) is 6.02. The first-order valence-electron chi connectivity index (χ1n) is 8.14. The van der Waals surface area contributed by atoms with Crippen LogP contribution < -0.4 is 5.32 Å². The van der Waals surface area contributed by atoms with Crippen LogP contribution in [0.1, 0.15) is 29.7 Å². The maximum atomic E-state index is 12.8. The Bertz CT molecular complexity index is 876. The van der Waals surface area contributed by atoms with Gasteiger partial charge in [-0.15, -0.1) is 0 Å². The van der Waals surface area contributed by atoms with Crippen molar-refractivity contribution >= 4 is 21.7 Å². The zero-order valence-electron chi connectivity index (χ0n) is 14.2. The molecule has 1 aliphatic heterocycles. The van der Waals surface area contributed by atoms with Crippen LogP contribution in [0.2, 0.25) is 0 Å². The van der Waals surface area contributed by atoms with E-state index < -0.39 is 16.1 Å². The van der Waals surface area contributed by atoms with Crippen LogP contribution in [0, 0.1) is 13.8 Å². The van der Waals surface area contributed by atoms with Gasteiger partial charge in [-0.3, -0.25) is 4.79 Å². The summed E-state index contributed by atoms with van der Waals surface area (Å²) in [7, 11) is -3.58. The average Bonchev–Trinajstić information content (AvgIpc) is 3.16. The molecule has 7 nitrogen and oxygen atoms in total. The molecule has 1 aromatic heterocycles. The molecular weight excluding hydrogens is 342 g/mol. The fourth-order valence-corrected chi connectivity index (χ4v) is 4.83. The monoisotopic (exact) mass is 363 g/mol. The summed E-state index contributed by atoms with van der Waals surface area (Å²) in [6.07, 6.45) is 1.15. The number of carbonyl (C=O) groups excluding carboxylic acids is 1. The Hall–Kier alpha value is -2.19. The normalized spacial score (nSPS) is 18.4. The third-order valence-electron chi connectivity index (χ3n) is 4.17. The number of anilines is 1. The summed E-state index contributed by atoms with van der Waals surface area (Å²) in [4.78, 5) is 12.5. The van der Waals surface area contributed by atoms with Crippen LogP contribution in [-0.2, 0) is 20.6 Å². The van der Waals surface area contributed by atoms with E-state index in [2.05, 4.69) is 10.5 Å². The number of carbonyl (C=O) groups is 1. The molecule has 2 aromatic rings. The molecule has 2 heterocycles. The van der Waals surface area contributed by atoms with Gasteiger partial charge in [0.05, 0.1) is 5.75 Å². The van der Waals surface area contributed by atoms with E-state index in [-0.39, 0.29) is 11.7 Å². The van der Waals surface area contributed by atoms with Crippen molar-refractivity contribution in [3.05, 3.63) is 47.2 Å². The lowest BCUT2D eigenvalue weighted by Crippen LogP contribution is -2.43. The van der Waals surface area contributed by atoms with E-state index in [1.807, 2.05) is 25.1 Å². The van der Waals surface area contributed by atoms with Gasteiger partial charge in [-0.2, -0.15) is 4.31 Å². The molecule has 1 aromatic carbocycles. The SMILES string of the molecule is Cc1cccc(CS(=O)(=O)N2CCC[C@H]2C(=O)Nc2cc(C)on2)c1. The van der Waals surface area contributed by atoms with Crippen molar-refractivity contribution in [1.82, 2.24) is 9.46 Å². The van der Waals surface area contributed by atoms with E-state index in [4.69, 9.17) is 4.52 Å². The minimum Gasteiger partial charge on any atom is -0.360 e. The Morgan fingerprint density at radius 2 is 2.16 bits per heavy atom. The quantitative estimate of drug-likeness (QED) is 0.879. The smallest absolute Gasteiger partial charge is 0.244 e. The molecule has 3 rings (SSSR count). The highest BCUT2D eigenvalue weighted by atomic mass is 32.2. The molecule has 0 radical (unpaired) electrons. The second-order valence-corrected chi connectivity index (χ2v) is 8.25. The predicted octanol–water partition coefficient (Wildman–Crippen LogP) is 2.22. The van der Waals surface area contributed by atoms with Crippen LogP contribution in [0.5, 0.6) is 0 Å². The molecule has 25 heavy (non-hydrogen) atoms. The van der Waals surface area contributed by atoms with Gasteiger partial charge < -0.3 is 9.84 Å². The number of amides is 1. The minimum absolute atomic E-state index is 0.110. The van der Waals surface area contributed by atoms with Crippen LogP contribution >= 0.6 is 0 Å². The van der Waals surface area contributed by atoms with Crippen LogP contribution in [0.3, 0.4) is 0 Å². The number of aromatic nitrogens is 1. The molecule has 8 heteroatoms. The molecule has 1 aliphatic rings. The molecule has 134 valence electrons. The van der Waals surface area contributed by atoms with Crippen molar-refractivity contribution in [2.24, 2.45) is 0 Å². The summed E-state index contributed by atoms with van der Waals surface area (Å²) in [6.45, 7) is 3.99. The topological polar surface area (TPSA) is 92.5 Å². The van der Waals surface area contributed by atoms with Gasteiger partial charge in [0.1, 0.15) is 11.8 Å². The van der Waals surface area contributed by atoms with Crippen molar-refractivity contribution in [3.8, 4) is 0 Å². The van der Waals surface area contributed by atoms with Crippen LogP contribution in [0.15, 0.2) is 34.9 Å². The van der Waals surface area contributed by atoms with E-state index in [0.29, 0.717) is 31.0 Å². The Labute approximate surface area is 147 Å². The van der Waals surface area contributed by atoms with E-state index in [9.17, 15) is 13.2 Å². The molecule has 0 spiro atoms. The van der Waals surface area contributed by atoms with E-state index in [1.54, 1.807) is 19.1 Å². The summed E-state index contributed by atoms with van der Waals surface area (Å²) in [5, 5.41) is 6.35. The largest absolute Gasteiger partial charge is 0.360 e. The van der Waals surface area contributed by atoms with Crippen LogP contribution in [-0.4, -0.2) is 36.4 Å². The first-order chi connectivity index (χ1) is 11.8. The first kappa shape index (κ1) is 17.6. The summed E-state index contributed by atoms with van der Waals surface area (Å²) in [6, 6.07) is 8.27. The van der Waals surface area contributed by atoms with Crippen molar-refractivity contribution < 1.29 is 17.7 Å². The third kappa shape index (κ3) is 4.08. The number of nitrogens with zero attached hydrogens (tertiary/aromatic N) is 2. The molecule has 0 bridgehead atoms. The average molecular weight is 363 g/mol. The number of rotatable bonds is 5. The van der Waals surface area contributed by atoms with Crippen LogP contribution in [0.25, 0.3) is 0 Å². The fraction of sp³-hybridized carbons (Fsp3) is 0.412. The van der Waals surface area contributed by atoms with Crippen molar-refractivity contribution in [1.29, 1.82) is 0 Å². The van der Waals surface area contributed by atoms with E-state index in [0.717, 1.165) is 11.1 Å². The molecule has 0 unspecified atom stereocenters. The maximum Gasteiger partial charge on any atom is 0.244 e. The summed E-state index contributed by atoms with van der Waals surface area (Å²) in [5.41, 5.74) is 1.73. The van der Waals surface area contributed by atoms with Gasteiger partial charge in [0.25, 0.3) is 0 Å². The number of aryl methyl sites for hydroxylation is 2. The van der Waals surface area contributed by atoms with Gasteiger partial charge >= 0.3 is 0 Å². The molecule has 0 saturated carbocycles. The Morgan fingerprint density at radius 1 is 1.36 bits per heavy atom. The number of sulfonamides is 1. The summed E-state index contributed by atoms with van der Waals surface area (Å²) >= 11 is 0. The maximum absolute atomic E-state index is 12.8. The number of nitrogens with one attached hydrogen (secondary N) is 1. The molecule has 1 N–H and O–H groups in total. The highest BCUT2D eigenvalue weighted by Crippen LogP contribution is 2.25. The van der Waals surface area contributed by atoms with Gasteiger partial charge in [-0.05, 0) is 32.3 Å². The van der Waals surface area contributed by atoms with Crippen molar-refractivity contribution in [2.75, 3.05) is 11.9 Å². The molecule has 1 amide bonds.